The van der Waals surface area contributed by atoms with E-state index in [1.165, 1.54) is 26.1 Å². The van der Waals surface area contributed by atoms with Crippen molar-refractivity contribution in [1.29, 1.82) is 0 Å². The van der Waals surface area contributed by atoms with E-state index in [1.54, 1.807) is 40.0 Å². The van der Waals surface area contributed by atoms with Crippen LogP contribution >= 0.6 is 0 Å². The lowest BCUT2D eigenvalue weighted by Crippen LogP contribution is -2.42. The molecule has 2 unspecified atom stereocenters. The lowest BCUT2D eigenvalue weighted by molar-refractivity contribution is -0.147. The number of fused-ring (bicyclic) bond motifs is 7. The van der Waals surface area contributed by atoms with Gasteiger partial charge in [0.05, 0.1) is 25.3 Å². The number of aromatic nitrogens is 1. The molecule has 0 spiro atoms. The number of hydrogen-bond donors (Lipinski definition) is 2. The van der Waals surface area contributed by atoms with Crippen LogP contribution in [0.5, 0.6) is 5.75 Å². The van der Waals surface area contributed by atoms with Gasteiger partial charge in [-0.25, -0.2) is 9.52 Å². The first kappa shape index (κ1) is 36.7. The Morgan fingerprint density at radius 1 is 1.02 bits per heavy atom. The van der Waals surface area contributed by atoms with Gasteiger partial charge in [-0.2, -0.15) is 12.7 Å². The van der Waals surface area contributed by atoms with Crippen molar-refractivity contribution in [3.05, 3.63) is 53.1 Å². The van der Waals surface area contributed by atoms with E-state index in [2.05, 4.69) is 20.7 Å². The first-order valence-electron chi connectivity index (χ1n) is 17.9. The highest BCUT2D eigenvalue weighted by atomic mass is 32.2. The molecule has 0 bridgehead atoms. The number of carbonyl (C=O) groups excluding carboxylic acids is 3. The number of nitrogens with zero attached hydrogens (tertiary/aromatic N) is 2. The van der Waals surface area contributed by atoms with Gasteiger partial charge in [0.1, 0.15) is 11.4 Å². The maximum Gasteiger partial charge on any atom is 0.407 e. The van der Waals surface area contributed by atoms with Gasteiger partial charge in [-0.1, -0.05) is 25.3 Å². The molecule has 1 aliphatic heterocycles. The molecule has 51 heavy (non-hydrogen) atoms. The zero-order valence-electron chi connectivity index (χ0n) is 30.5. The highest BCUT2D eigenvalue weighted by molar-refractivity contribution is 7.87. The summed E-state index contributed by atoms with van der Waals surface area (Å²) in [6.45, 7) is 6.20. The molecular formula is C38H50N4O8S. The molecule has 0 radical (unpaired) electrons. The third kappa shape index (κ3) is 7.32. The summed E-state index contributed by atoms with van der Waals surface area (Å²) in [7, 11) is 0.319. The van der Waals surface area contributed by atoms with Crippen molar-refractivity contribution < 1.29 is 37.0 Å². The minimum atomic E-state index is -4.15. The number of benzene rings is 2. The largest absolute Gasteiger partial charge is 0.497 e. The maximum atomic E-state index is 13.6. The van der Waals surface area contributed by atoms with E-state index < -0.39 is 33.2 Å². The van der Waals surface area contributed by atoms with E-state index in [0.717, 1.165) is 63.5 Å². The zero-order chi connectivity index (χ0) is 36.7. The molecule has 6 rings (SSSR count). The van der Waals surface area contributed by atoms with Crippen LogP contribution in [-0.2, 0) is 31.0 Å². The number of hydrogen-bond acceptors (Lipinski definition) is 8. The Kier molecular flexibility index (Phi) is 10.2. The Balaban J connectivity index is 1.29. The molecule has 2 aromatic carbocycles. The normalized spacial score (nSPS) is 20.1. The Morgan fingerprint density at radius 3 is 2.45 bits per heavy atom. The standard InChI is InChI=1S/C38H50N4O8S/c1-37(2,3)50-36(45)39-18-10-11-19-41(4)51(46,47)40-34(43)25-14-16-28-31(20-25)42-23-38(35(44)49-6)22-30(38)29-21-26(48-5)15-17-27(29)33(42)32(28)24-12-8-7-9-13-24/h14-17,20-21,24,30H,7-13,18-19,22-23H2,1-6H3,(H,39,45)(H,40,43). The Bertz CT molecular complexity index is 1940. The van der Waals surface area contributed by atoms with Gasteiger partial charge >= 0.3 is 22.3 Å². The molecule has 2 fully saturated rings. The first-order chi connectivity index (χ1) is 24.2. The Morgan fingerprint density at radius 2 is 1.76 bits per heavy atom. The van der Waals surface area contributed by atoms with E-state index in [-0.39, 0.29) is 24.0 Å². The predicted octanol–water partition coefficient (Wildman–Crippen LogP) is 6.24. The molecule has 3 aromatic rings. The number of amides is 2. The number of ether oxygens (including phenoxy) is 3. The average molecular weight is 723 g/mol. The third-order valence-corrected chi connectivity index (χ3v) is 12.0. The molecule has 2 aliphatic carbocycles. The minimum Gasteiger partial charge on any atom is -0.497 e. The molecule has 2 saturated carbocycles. The number of unbranched alkanes of at least 4 members (excludes halogenated alkanes) is 1. The highest BCUT2D eigenvalue weighted by Crippen LogP contribution is 2.66. The number of esters is 1. The summed E-state index contributed by atoms with van der Waals surface area (Å²) in [5.41, 5.74) is 4.01. The monoisotopic (exact) mass is 722 g/mol. The quantitative estimate of drug-likeness (QED) is 0.175. The number of methoxy groups -OCH3 is 2. The Labute approximate surface area is 300 Å². The second-order valence-corrected chi connectivity index (χ2v) is 16.9. The molecule has 276 valence electrons. The summed E-state index contributed by atoms with van der Waals surface area (Å²) in [4.78, 5) is 38.9. The average Bonchev–Trinajstić information content (AvgIpc) is 3.76. The van der Waals surface area contributed by atoms with E-state index in [9.17, 15) is 22.8 Å². The molecule has 2 atom stereocenters. The van der Waals surface area contributed by atoms with Crippen LogP contribution in [-0.4, -0.2) is 75.2 Å². The Hall–Kier alpha value is -4.10. The van der Waals surface area contributed by atoms with Crippen LogP contribution < -0.4 is 14.8 Å². The summed E-state index contributed by atoms with van der Waals surface area (Å²) in [5, 5.41) is 3.67. The predicted molar refractivity (Wildman–Crippen MR) is 194 cm³/mol. The second-order valence-electron chi connectivity index (χ2n) is 15.2. The van der Waals surface area contributed by atoms with Crippen molar-refractivity contribution in [3.63, 3.8) is 0 Å². The van der Waals surface area contributed by atoms with E-state index in [0.29, 0.717) is 38.3 Å². The molecule has 2 amide bonds. The number of alkyl carbamates (subject to hydrolysis) is 1. The fourth-order valence-electron chi connectivity index (χ4n) is 7.95. The fraction of sp³-hybridized carbons (Fsp3) is 0.553. The van der Waals surface area contributed by atoms with Crippen LogP contribution in [0, 0.1) is 5.41 Å². The zero-order valence-corrected chi connectivity index (χ0v) is 31.3. The van der Waals surface area contributed by atoms with Crippen LogP contribution in [0.4, 0.5) is 4.79 Å². The van der Waals surface area contributed by atoms with Gasteiger partial charge in [0.25, 0.3) is 5.91 Å². The SMILES string of the molecule is COC(=O)C12CC1c1cc(OC)ccc1-c1c(C3CCCCC3)c3ccc(C(=O)NS(=O)(=O)N(C)CCCCNC(=O)OC(C)(C)C)cc3n1C2. The van der Waals surface area contributed by atoms with Crippen LogP contribution in [0.1, 0.15) is 105 Å². The van der Waals surface area contributed by atoms with Crippen molar-refractivity contribution in [2.24, 2.45) is 5.41 Å². The van der Waals surface area contributed by atoms with Gasteiger partial charge in [0, 0.05) is 54.6 Å². The van der Waals surface area contributed by atoms with Crippen LogP contribution in [0.3, 0.4) is 0 Å². The number of rotatable bonds is 11. The summed E-state index contributed by atoms with van der Waals surface area (Å²) < 4.78 is 48.2. The number of carbonyl (C=O) groups is 3. The van der Waals surface area contributed by atoms with E-state index in [4.69, 9.17) is 14.2 Å². The van der Waals surface area contributed by atoms with Crippen molar-refractivity contribution in [2.75, 3.05) is 34.4 Å². The van der Waals surface area contributed by atoms with Gasteiger partial charge in [-0.3, -0.25) is 9.59 Å². The summed E-state index contributed by atoms with van der Waals surface area (Å²) in [6.07, 6.45) is 6.65. The molecule has 1 aromatic heterocycles. The van der Waals surface area contributed by atoms with Gasteiger partial charge < -0.3 is 24.1 Å². The van der Waals surface area contributed by atoms with Gasteiger partial charge in [-0.05, 0) is 100 Å². The molecule has 13 heteroatoms. The van der Waals surface area contributed by atoms with Crippen molar-refractivity contribution in [2.45, 2.75) is 96.1 Å². The summed E-state index contributed by atoms with van der Waals surface area (Å²) in [6, 6.07) is 11.5. The molecule has 3 aliphatic rings. The topological polar surface area (TPSA) is 145 Å². The molecular weight excluding hydrogens is 673 g/mol. The second kappa shape index (κ2) is 14.1. The molecule has 2 heterocycles. The smallest absolute Gasteiger partial charge is 0.407 e. The lowest BCUT2D eigenvalue weighted by Gasteiger charge is -2.24. The molecule has 12 nitrogen and oxygen atoms in total. The van der Waals surface area contributed by atoms with Gasteiger partial charge in [-0.15, -0.1) is 0 Å². The minimum absolute atomic E-state index is 0.0375. The van der Waals surface area contributed by atoms with Crippen molar-refractivity contribution >= 4 is 39.1 Å². The van der Waals surface area contributed by atoms with E-state index >= 15 is 0 Å². The fourth-order valence-corrected chi connectivity index (χ4v) is 8.83. The van der Waals surface area contributed by atoms with E-state index in [1.807, 2.05) is 18.2 Å². The van der Waals surface area contributed by atoms with Gasteiger partial charge in [0.15, 0.2) is 0 Å². The summed E-state index contributed by atoms with van der Waals surface area (Å²) in [5.74, 6) is -0.00562. The van der Waals surface area contributed by atoms with Crippen molar-refractivity contribution in [1.82, 2.24) is 18.9 Å². The lowest BCUT2D eigenvalue weighted by atomic mass is 9.81. The van der Waals surface area contributed by atoms with Crippen LogP contribution in [0.15, 0.2) is 36.4 Å². The van der Waals surface area contributed by atoms with Gasteiger partial charge in [0.2, 0.25) is 0 Å². The van der Waals surface area contributed by atoms with Crippen molar-refractivity contribution in [3.8, 4) is 17.0 Å². The van der Waals surface area contributed by atoms with Crippen LogP contribution in [0.25, 0.3) is 22.2 Å². The third-order valence-electron chi connectivity index (χ3n) is 10.6. The molecule has 0 saturated heterocycles. The summed E-state index contributed by atoms with van der Waals surface area (Å²) >= 11 is 0. The highest BCUT2D eigenvalue weighted by Gasteiger charge is 2.64. The van der Waals surface area contributed by atoms with Crippen LogP contribution in [0.2, 0.25) is 0 Å². The number of nitrogens with one attached hydrogen (secondary N) is 2. The molecule has 2 N–H and O–H groups in total. The maximum absolute atomic E-state index is 13.6. The first-order valence-corrected chi connectivity index (χ1v) is 19.3.